The van der Waals surface area contributed by atoms with Gasteiger partial charge in [-0.05, 0) is 42.2 Å². The van der Waals surface area contributed by atoms with Gasteiger partial charge in [0.2, 0.25) is 0 Å². The van der Waals surface area contributed by atoms with Crippen molar-refractivity contribution in [2.75, 3.05) is 7.11 Å². The first-order valence-corrected chi connectivity index (χ1v) is 9.17. The topological polar surface area (TPSA) is 42.1 Å². The molecule has 27 heavy (non-hydrogen) atoms. The number of methoxy groups -OCH3 is 1. The van der Waals surface area contributed by atoms with E-state index >= 15 is 0 Å². The molecule has 1 saturated carbocycles. The third kappa shape index (κ3) is 4.03. The summed E-state index contributed by atoms with van der Waals surface area (Å²) in [6.45, 7) is 4.00. The van der Waals surface area contributed by atoms with Crippen molar-refractivity contribution in [1.82, 2.24) is 4.98 Å². The lowest BCUT2D eigenvalue weighted by molar-refractivity contribution is 0.0595. The Hall–Kier alpha value is -3.06. The maximum Gasteiger partial charge on any atom is 0.355 e. The Bertz CT molecular complexity index is 1020. The van der Waals surface area contributed by atoms with Gasteiger partial charge in [-0.25, -0.2) is 9.18 Å². The van der Waals surface area contributed by atoms with Crippen molar-refractivity contribution < 1.29 is 13.9 Å². The summed E-state index contributed by atoms with van der Waals surface area (Å²) >= 11 is 0. The van der Waals surface area contributed by atoms with Crippen molar-refractivity contribution in [3.05, 3.63) is 59.5 Å². The molecule has 4 heteroatoms. The molecule has 1 aliphatic carbocycles. The number of rotatable bonds is 2. The highest BCUT2D eigenvalue weighted by atomic mass is 19.1. The fraction of sp³-hybridized carbons (Fsp3) is 0.261. The zero-order chi connectivity index (χ0) is 19.4. The van der Waals surface area contributed by atoms with E-state index < -0.39 is 5.97 Å². The standard InChI is InChI=1S/C21H16FNO2.C2H6/c1-25-21(24)20-18(10-4-13-2-3-13)17-11-7-15(12-19(17)23-20)14-5-8-16(22)9-6-14;1-2/h5-9,11-13,23H,2-3H2,1H3;1-2H3. The van der Waals surface area contributed by atoms with Crippen LogP contribution in [0.2, 0.25) is 0 Å². The second-order valence-corrected chi connectivity index (χ2v) is 6.18. The average Bonchev–Trinajstić information content (AvgIpc) is 3.47. The molecule has 4 rings (SSSR count). The number of esters is 1. The smallest absolute Gasteiger partial charge is 0.355 e. The van der Waals surface area contributed by atoms with Crippen LogP contribution in [0.3, 0.4) is 0 Å². The first kappa shape index (κ1) is 18.7. The van der Waals surface area contributed by atoms with Gasteiger partial charge in [-0.2, -0.15) is 0 Å². The zero-order valence-electron chi connectivity index (χ0n) is 15.7. The quantitative estimate of drug-likeness (QED) is 0.479. The van der Waals surface area contributed by atoms with Crippen LogP contribution in [0, 0.1) is 23.6 Å². The van der Waals surface area contributed by atoms with E-state index in [-0.39, 0.29) is 5.82 Å². The van der Waals surface area contributed by atoms with E-state index in [0.29, 0.717) is 17.2 Å². The number of carbonyl (C=O) groups excluding carboxylic acids is 1. The maximum atomic E-state index is 13.1. The van der Waals surface area contributed by atoms with Crippen molar-refractivity contribution in [2.45, 2.75) is 26.7 Å². The number of nitrogens with one attached hydrogen (secondary N) is 1. The lowest BCUT2D eigenvalue weighted by atomic mass is 10.0. The number of hydrogen-bond donors (Lipinski definition) is 1. The van der Waals surface area contributed by atoms with Gasteiger partial charge in [0.15, 0.2) is 0 Å². The van der Waals surface area contributed by atoms with Gasteiger partial charge in [0.05, 0.1) is 12.7 Å². The van der Waals surface area contributed by atoms with Crippen LogP contribution in [0.4, 0.5) is 4.39 Å². The van der Waals surface area contributed by atoms with Gasteiger partial charge in [-0.15, -0.1) is 0 Å². The van der Waals surface area contributed by atoms with Crippen LogP contribution in [-0.2, 0) is 4.74 Å². The first-order valence-electron chi connectivity index (χ1n) is 9.17. The van der Waals surface area contributed by atoms with Crippen LogP contribution < -0.4 is 0 Å². The molecule has 1 heterocycles. The summed E-state index contributed by atoms with van der Waals surface area (Å²) in [4.78, 5) is 15.2. The summed E-state index contributed by atoms with van der Waals surface area (Å²) in [5, 5.41) is 0.888. The second kappa shape index (κ2) is 8.09. The summed E-state index contributed by atoms with van der Waals surface area (Å²) in [5.74, 6) is 6.09. The molecule has 0 saturated heterocycles. The number of carbonyl (C=O) groups is 1. The molecule has 0 bridgehead atoms. The van der Waals surface area contributed by atoms with Crippen LogP contribution in [0.15, 0.2) is 42.5 Å². The largest absolute Gasteiger partial charge is 0.464 e. The van der Waals surface area contributed by atoms with Gasteiger partial charge < -0.3 is 9.72 Å². The molecule has 1 N–H and O–H groups in total. The zero-order valence-corrected chi connectivity index (χ0v) is 15.7. The van der Waals surface area contributed by atoms with E-state index in [1.807, 2.05) is 32.0 Å². The van der Waals surface area contributed by atoms with Gasteiger partial charge in [0.25, 0.3) is 0 Å². The Morgan fingerprint density at radius 1 is 1.11 bits per heavy atom. The molecule has 1 fully saturated rings. The first-order chi connectivity index (χ1) is 13.2. The van der Waals surface area contributed by atoms with E-state index in [1.165, 1.54) is 19.2 Å². The van der Waals surface area contributed by atoms with E-state index in [4.69, 9.17) is 4.74 Å². The van der Waals surface area contributed by atoms with E-state index in [9.17, 15) is 9.18 Å². The Morgan fingerprint density at radius 2 is 1.78 bits per heavy atom. The molecule has 1 aliphatic rings. The van der Waals surface area contributed by atoms with Crippen molar-refractivity contribution in [3.8, 4) is 23.0 Å². The predicted octanol–water partition coefficient (Wildman–Crippen LogP) is 5.55. The number of aromatic nitrogens is 1. The number of H-pyrrole nitrogens is 1. The molecule has 0 spiro atoms. The monoisotopic (exact) mass is 363 g/mol. The fourth-order valence-corrected chi connectivity index (χ4v) is 2.81. The Balaban J connectivity index is 0.00000102. The summed E-state index contributed by atoms with van der Waals surface area (Å²) in [6, 6.07) is 12.2. The number of ether oxygens (including phenoxy) is 1. The Kier molecular flexibility index (Phi) is 5.61. The van der Waals surface area contributed by atoms with Crippen molar-refractivity contribution in [2.24, 2.45) is 5.92 Å². The summed E-state index contributed by atoms with van der Waals surface area (Å²) in [7, 11) is 1.36. The van der Waals surface area contributed by atoms with Crippen LogP contribution in [-0.4, -0.2) is 18.1 Å². The molecule has 0 unspecified atom stereocenters. The molecular formula is C23H22FNO2. The predicted molar refractivity (Wildman–Crippen MR) is 106 cm³/mol. The molecule has 2 aromatic carbocycles. The van der Waals surface area contributed by atoms with Gasteiger partial charge >= 0.3 is 5.97 Å². The van der Waals surface area contributed by atoms with Gasteiger partial charge in [-0.3, -0.25) is 0 Å². The Labute approximate surface area is 158 Å². The highest BCUT2D eigenvalue weighted by molar-refractivity contribution is 6.01. The van der Waals surface area contributed by atoms with Crippen molar-refractivity contribution >= 4 is 16.9 Å². The number of benzene rings is 2. The maximum absolute atomic E-state index is 13.1. The lowest BCUT2D eigenvalue weighted by Gasteiger charge is -2.02. The van der Waals surface area contributed by atoms with Crippen LogP contribution in [0.5, 0.6) is 0 Å². The molecule has 3 nitrogen and oxygen atoms in total. The summed E-state index contributed by atoms with van der Waals surface area (Å²) < 4.78 is 18.0. The van der Waals surface area contributed by atoms with Crippen molar-refractivity contribution in [3.63, 3.8) is 0 Å². The third-order valence-corrected chi connectivity index (χ3v) is 4.34. The minimum absolute atomic E-state index is 0.268. The SMILES string of the molecule is CC.COC(=O)c1[nH]c2cc(-c3ccc(F)cc3)ccc2c1C#CC1CC1. The molecule has 138 valence electrons. The molecule has 1 aromatic heterocycles. The minimum atomic E-state index is -0.431. The molecule has 3 aromatic rings. The average molecular weight is 363 g/mol. The minimum Gasteiger partial charge on any atom is -0.464 e. The van der Waals surface area contributed by atoms with Crippen LogP contribution >= 0.6 is 0 Å². The van der Waals surface area contributed by atoms with Gasteiger partial charge in [0.1, 0.15) is 11.5 Å². The number of halogens is 1. The van der Waals surface area contributed by atoms with Gasteiger partial charge in [0, 0.05) is 16.8 Å². The van der Waals surface area contributed by atoms with E-state index in [2.05, 4.69) is 16.8 Å². The van der Waals surface area contributed by atoms with E-state index in [1.54, 1.807) is 12.1 Å². The molecule has 0 atom stereocenters. The lowest BCUT2D eigenvalue weighted by Crippen LogP contribution is -2.03. The summed E-state index contributed by atoms with van der Waals surface area (Å²) in [6.07, 6.45) is 2.25. The normalized spacial score (nSPS) is 12.6. The number of fused-ring (bicyclic) bond motifs is 1. The molecular weight excluding hydrogens is 341 g/mol. The highest BCUT2D eigenvalue weighted by Gasteiger charge is 2.20. The molecule has 0 aliphatic heterocycles. The van der Waals surface area contributed by atoms with E-state index in [0.717, 1.165) is 34.9 Å². The fourth-order valence-electron chi connectivity index (χ4n) is 2.81. The molecule has 0 amide bonds. The number of aromatic amines is 1. The van der Waals surface area contributed by atoms with Crippen LogP contribution in [0.25, 0.3) is 22.0 Å². The highest BCUT2D eigenvalue weighted by Crippen LogP contribution is 2.30. The summed E-state index contributed by atoms with van der Waals surface area (Å²) in [5.41, 5.74) is 3.71. The van der Waals surface area contributed by atoms with Gasteiger partial charge in [-0.1, -0.05) is 50.0 Å². The van der Waals surface area contributed by atoms with Crippen molar-refractivity contribution in [1.29, 1.82) is 0 Å². The third-order valence-electron chi connectivity index (χ3n) is 4.34. The number of hydrogen-bond acceptors (Lipinski definition) is 2. The Morgan fingerprint density at radius 3 is 2.41 bits per heavy atom. The molecule has 0 radical (unpaired) electrons. The van der Waals surface area contributed by atoms with Crippen LogP contribution in [0.1, 0.15) is 42.7 Å². The second-order valence-electron chi connectivity index (χ2n) is 6.18.